The van der Waals surface area contributed by atoms with E-state index in [0.29, 0.717) is 5.92 Å². The fourth-order valence-electron chi connectivity index (χ4n) is 5.98. The van der Waals surface area contributed by atoms with Crippen molar-refractivity contribution in [3.63, 3.8) is 0 Å². The van der Waals surface area contributed by atoms with Crippen LogP contribution in [0.2, 0.25) is 0 Å². The molecule has 0 bridgehead atoms. The molecule has 2 aliphatic heterocycles. The van der Waals surface area contributed by atoms with E-state index in [9.17, 15) is 0 Å². The number of hydrogen-bond acceptors (Lipinski definition) is 7. The molecule has 2 N–H and O–H groups in total. The van der Waals surface area contributed by atoms with Gasteiger partial charge in [-0.3, -0.25) is 4.90 Å². The molecule has 31 heavy (non-hydrogen) atoms. The van der Waals surface area contributed by atoms with Crippen molar-refractivity contribution in [3.05, 3.63) is 24.3 Å². The summed E-state index contributed by atoms with van der Waals surface area (Å²) in [5.74, 6) is 1.19. The maximum Gasteiger partial charge on any atom is 0.141 e. The predicted octanol–water partition coefficient (Wildman–Crippen LogP) is 3.63. The summed E-state index contributed by atoms with van der Waals surface area (Å²) in [5.41, 5.74) is 9.61. The molecule has 8 heteroatoms. The lowest BCUT2D eigenvalue weighted by Crippen LogP contribution is -2.49. The average Bonchev–Trinajstić information content (AvgIpc) is 3.32. The summed E-state index contributed by atoms with van der Waals surface area (Å²) in [5, 5.41) is 5.04. The van der Waals surface area contributed by atoms with Crippen molar-refractivity contribution < 1.29 is 4.74 Å². The van der Waals surface area contributed by atoms with Gasteiger partial charge in [0.05, 0.1) is 18.9 Å². The van der Waals surface area contributed by atoms with Gasteiger partial charge in [-0.25, -0.2) is 15.5 Å². The fraction of sp³-hybridized carbons (Fsp3) is 0.739. The minimum absolute atomic E-state index is 0.147. The summed E-state index contributed by atoms with van der Waals surface area (Å²) in [6.07, 6.45) is 10.8. The molecule has 168 valence electrons. The maximum absolute atomic E-state index is 7.86. The summed E-state index contributed by atoms with van der Waals surface area (Å²) in [4.78, 5) is 17.3. The molecule has 4 heterocycles. The Bertz CT molecular complexity index is 848. The van der Waals surface area contributed by atoms with Crippen LogP contribution in [0.5, 0.6) is 0 Å². The first kappa shape index (κ1) is 21.0. The van der Waals surface area contributed by atoms with Crippen LogP contribution in [0.4, 0.5) is 0 Å². The van der Waals surface area contributed by atoms with E-state index in [1.807, 2.05) is 12.3 Å². The first-order chi connectivity index (χ1) is 15.3. The van der Waals surface area contributed by atoms with Crippen LogP contribution in [-0.4, -0.2) is 76.7 Å². The van der Waals surface area contributed by atoms with Gasteiger partial charge >= 0.3 is 0 Å². The highest BCUT2D eigenvalue weighted by Gasteiger charge is 2.32. The van der Waals surface area contributed by atoms with E-state index in [1.54, 1.807) is 6.33 Å². The van der Waals surface area contributed by atoms with Gasteiger partial charge in [-0.15, -0.1) is 0 Å². The smallest absolute Gasteiger partial charge is 0.141 e. The molecule has 0 spiro atoms. The second-order valence-corrected chi connectivity index (χ2v) is 9.53. The molecule has 5 rings (SSSR count). The lowest BCUT2D eigenvalue weighted by atomic mass is 9.77. The normalized spacial score (nSPS) is 28.0. The molecule has 0 aromatic carbocycles. The second kappa shape index (κ2) is 9.71. The van der Waals surface area contributed by atoms with Crippen LogP contribution in [0, 0.1) is 17.4 Å². The molecule has 8 nitrogen and oxygen atoms in total. The fourth-order valence-corrected chi connectivity index (χ4v) is 5.98. The van der Waals surface area contributed by atoms with Crippen LogP contribution in [0.3, 0.4) is 0 Å². The first-order valence-corrected chi connectivity index (χ1v) is 12.0. The Labute approximate surface area is 184 Å². The molecule has 0 radical (unpaired) electrons. The standard InChI is InChI=1S/C23H35N7O/c24-28-21(22-20-5-8-25-23(20)27-16-26-22)18-3-1-17(2-4-18)15-29-9-6-19(7-10-29)30-11-13-31-14-12-30/h5,8,16-19,21,24H,1-4,6-7,9-15H2,(H,25,26,27). The zero-order chi connectivity index (χ0) is 21.0. The third-order valence-corrected chi connectivity index (χ3v) is 7.78. The minimum Gasteiger partial charge on any atom is -0.379 e. The Hall–Kier alpha value is -1.90. The molecule has 0 amide bonds. The van der Waals surface area contributed by atoms with Crippen LogP contribution < -0.4 is 0 Å². The lowest BCUT2D eigenvalue weighted by Gasteiger charge is -2.41. The highest BCUT2D eigenvalue weighted by Crippen LogP contribution is 2.40. The van der Waals surface area contributed by atoms with E-state index >= 15 is 0 Å². The Kier molecular flexibility index (Phi) is 6.57. The van der Waals surface area contributed by atoms with Crippen LogP contribution >= 0.6 is 0 Å². The lowest BCUT2D eigenvalue weighted by molar-refractivity contribution is -0.00106. The number of piperidine rings is 1. The average molecular weight is 426 g/mol. The summed E-state index contributed by atoms with van der Waals surface area (Å²) in [7, 11) is 0. The van der Waals surface area contributed by atoms with Gasteiger partial charge in [0.1, 0.15) is 18.0 Å². The topological polar surface area (TPSA) is 93.5 Å². The van der Waals surface area contributed by atoms with Crippen molar-refractivity contribution in [1.82, 2.24) is 24.8 Å². The largest absolute Gasteiger partial charge is 0.379 e. The summed E-state index contributed by atoms with van der Waals surface area (Å²) >= 11 is 0. The number of H-pyrrole nitrogens is 1. The Balaban J connectivity index is 1.11. The van der Waals surface area contributed by atoms with Crippen molar-refractivity contribution >= 4 is 11.0 Å². The number of aromatic nitrogens is 3. The van der Waals surface area contributed by atoms with Crippen molar-refractivity contribution in [1.29, 1.82) is 5.53 Å². The number of ether oxygens (including phenoxy) is 1. The van der Waals surface area contributed by atoms with Crippen molar-refractivity contribution in [2.24, 2.45) is 17.0 Å². The zero-order valence-corrected chi connectivity index (χ0v) is 18.4. The molecular formula is C23H35N7O. The summed E-state index contributed by atoms with van der Waals surface area (Å²) in [6, 6.07) is 2.62. The molecule has 1 saturated carbocycles. The van der Waals surface area contributed by atoms with Gasteiger partial charge in [-0.2, -0.15) is 5.11 Å². The van der Waals surface area contributed by atoms with Gasteiger partial charge in [0.2, 0.25) is 0 Å². The minimum atomic E-state index is -0.147. The third kappa shape index (κ3) is 4.66. The molecule has 2 aromatic rings. The Morgan fingerprint density at radius 2 is 1.84 bits per heavy atom. The molecule has 2 aromatic heterocycles. The molecular weight excluding hydrogens is 390 g/mol. The number of nitrogens with one attached hydrogen (secondary N) is 2. The number of fused-ring (bicyclic) bond motifs is 1. The van der Waals surface area contributed by atoms with Crippen LogP contribution in [-0.2, 0) is 4.74 Å². The van der Waals surface area contributed by atoms with Gasteiger partial charge < -0.3 is 14.6 Å². The van der Waals surface area contributed by atoms with Crippen LogP contribution in [0.15, 0.2) is 23.7 Å². The van der Waals surface area contributed by atoms with Crippen molar-refractivity contribution in [2.75, 3.05) is 45.9 Å². The van der Waals surface area contributed by atoms with Crippen LogP contribution in [0.25, 0.3) is 11.0 Å². The van der Waals surface area contributed by atoms with Gasteiger partial charge in [-0.1, -0.05) is 0 Å². The summed E-state index contributed by atoms with van der Waals surface area (Å²) < 4.78 is 5.51. The monoisotopic (exact) mass is 425 g/mol. The number of hydrogen-bond donors (Lipinski definition) is 2. The zero-order valence-electron chi connectivity index (χ0n) is 18.4. The number of likely N-dealkylation sites (tertiary alicyclic amines) is 1. The SMILES string of the molecule is N=NC(c1ncnc2[nH]ccc12)C1CCC(CN2CCC(N3CCOCC3)CC2)CC1. The molecule has 1 aliphatic carbocycles. The molecule has 2 saturated heterocycles. The number of nitrogens with zero attached hydrogens (tertiary/aromatic N) is 5. The van der Waals surface area contributed by atoms with Crippen LogP contribution in [0.1, 0.15) is 50.3 Å². The first-order valence-electron chi connectivity index (χ1n) is 12.0. The highest BCUT2D eigenvalue weighted by atomic mass is 16.5. The number of morpholine rings is 1. The van der Waals surface area contributed by atoms with Gasteiger partial charge in [0.25, 0.3) is 0 Å². The Morgan fingerprint density at radius 1 is 1.06 bits per heavy atom. The quantitative estimate of drug-likeness (QED) is 0.689. The van der Waals surface area contributed by atoms with Gasteiger partial charge in [-0.05, 0) is 69.5 Å². The van der Waals surface area contributed by atoms with Gasteiger partial charge in [0.15, 0.2) is 0 Å². The third-order valence-electron chi connectivity index (χ3n) is 7.78. The van der Waals surface area contributed by atoms with E-state index in [1.165, 1.54) is 45.3 Å². The second-order valence-electron chi connectivity index (χ2n) is 9.53. The number of rotatable bonds is 6. The van der Waals surface area contributed by atoms with E-state index in [4.69, 9.17) is 10.3 Å². The molecule has 1 atom stereocenters. The van der Waals surface area contributed by atoms with E-state index in [0.717, 1.165) is 67.8 Å². The predicted molar refractivity (Wildman–Crippen MR) is 119 cm³/mol. The maximum atomic E-state index is 7.86. The van der Waals surface area contributed by atoms with E-state index in [-0.39, 0.29) is 6.04 Å². The molecule has 3 aliphatic rings. The Morgan fingerprint density at radius 3 is 2.58 bits per heavy atom. The summed E-state index contributed by atoms with van der Waals surface area (Å²) in [6.45, 7) is 7.73. The highest BCUT2D eigenvalue weighted by molar-refractivity contribution is 5.78. The molecule has 3 fully saturated rings. The number of aromatic amines is 1. The molecule has 1 unspecified atom stereocenters. The van der Waals surface area contributed by atoms with Crippen molar-refractivity contribution in [2.45, 2.75) is 50.6 Å². The van der Waals surface area contributed by atoms with Crippen molar-refractivity contribution in [3.8, 4) is 0 Å². The van der Waals surface area contributed by atoms with Gasteiger partial charge in [0, 0.05) is 37.3 Å². The van der Waals surface area contributed by atoms with E-state index < -0.39 is 0 Å². The van der Waals surface area contributed by atoms with E-state index in [2.05, 4.69) is 29.9 Å².